The van der Waals surface area contributed by atoms with Gasteiger partial charge in [0.25, 0.3) is 0 Å². The first-order valence-electron chi connectivity index (χ1n) is 6.98. The van der Waals surface area contributed by atoms with Crippen molar-refractivity contribution in [1.82, 2.24) is 0 Å². The molecule has 1 aromatic rings. The van der Waals surface area contributed by atoms with Crippen LogP contribution in [0.25, 0.3) is 0 Å². The number of halogens is 1. The summed E-state index contributed by atoms with van der Waals surface area (Å²) in [6, 6.07) is 4.46. The van der Waals surface area contributed by atoms with Gasteiger partial charge < -0.3 is 5.32 Å². The lowest BCUT2D eigenvalue weighted by molar-refractivity contribution is -0.115. The molecule has 1 heterocycles. The molecule has 102 valence electrons. The van der Waals surface area contributed by atoms with Gasteiger partial charge in [-0.05, 0) is 55.7 Å². The van der Waals surface area contributed by atoms with Crippen molar-refractivity contribution in [2.24, 2.45) is 0 Å². The third-order valence-corrected chi connectivity index (χ3v) is 5.79. The highest BCUT2D eigenvalue weighted by Gasteiger charge is 2.29. The summed E-state index contributed by atoms with van der Waals surface area (Å²) in [5.74, 6) is 0.192. The fourth-order valence-corrected chi connectivity index (χ4v) is 4.42. The van der Waals surface area contributed by atoms with Gasteiger partial charge in [0, 0.05) is 10.2 Å². The first kappa shape index (κ1) is 13.5. The number of nitrogens with one attached hydrogen (secondary N) is 1. The van der Waals surface area contributed by atoms with Gasteiger partial charge >= 0.3 is 0 Å². The van der Waals surface area contributed by atoms with Crippen LogP contribution < -0.4 is 5.32 Å². The molecule has 1 atom stereocenters. The molecule has 0 bridgehead atoms. The molecule has 1 aliphatic carbocycles. The molecule has 1 unspecified atom stereocenters. The summed E-state index contributed by atoms with van der Waals surface area (Å²) in [5, 5.41) is 4.21. The van der Waals surface area contributed by atoms with Gasteiger partial charge in [0.15, 0.2) is 0 Å². The number of benzene rings is 1. The van der Waals surface area contributed by atoms with Crippen LogP contribution in [0.3, 0.4) is 0 Å². The van der Waals surface area contributed by atoms with Crippen LogP contribution >= 0.6 is 27.7 Å². The minimum absolute atomic E-state index is 0.0756. The predicted molar refractivity (Wildman–Crippen MR) is 84.4 cm³/mol. The first-order valence-corrected chi connectivity index (χ1v) is 8.98. The number of fused-ring (bicyclic) bond motifs is 3. The predicted octanol–water partition coefficient (Wildman–Crippen LogP) is 4.15. The molecule has 2 nitrogen and oxygen atoms in total. The molecule has 1 N–H and O–H groups in total. The Morgan fingerprint density at radius 2 is 2.16 bits per heavy atom. The van der Waals surface area contributed by atoms with E-state index < -0.39 is 0 Å². The molecule has 0 saturated carbocycles. The van der Waals surface area contributed by atoms with E-state index >= 15 is 0 Å². The van der Waals surface area contributed by atoms with Gasteiger partial charge in [0.1, 0.15) is 0 Å². The molecule has 1 aliphatic heterocycles. The van der Waals surface area contributed by atoms with Crippen molar-refractivity contribution in [2.75, 3.05) is 10.6 Å². The second kappa shape index (κ2) is 5.88. The lowest BCUT2D eigenvalue weighted by atomic mass is 9.90. The fraction of sp³-hybridized carbons (Fsp3) is 0.533. The third-order valence-electron chi connectivity index (χ3n) is 3.90. The lowest BCUT2D eigenvalue weighted by Gasteiger charge is -2.28. The second-order valence-electron chi connectivity index (χ2n) is 5.21. The molecule has 2 aliphatic rings. The summed E-state index contributed by atoms with van der Waals surface area (Å²) in [7, 11) is 0. The number of aryl methyl sites for hydroxylation is 1. The lowest BCUT2D eigenvalue weighted by Crippen LogP contribution is -2.30. The normalized spacial score (nSPS) is 21.5. The van der Waals surface area contributed by atoms with Crippen LogP contribution in [-0.4, -0.2) is 16.5 Å². The fourth-order valence-electron chi connectivity index (χ4n) is 2.90. The van der Waals surface area contributed by atoms with Gasteiger partial charge in [0.2, 0.25) is 5.91 Å². The van der Waals surface area contributed by atoms with E-state index in [0.29, 0.717) is 0 Å². The zero-order chi connectivity index (χ0) is 13.2. The maximum Gasteiger partial charge on any atom is 0.237 e. The summed E-state index contributed by atoms with van der Waals surface area (Å²) in [5.41, 5.74) is 3.94. The molecule has 0 aromatic heterocycles. The maximum absolute atomic E-state index is 12.2. The number of amides is 1. The van der Waals surface area contributed by atoms with E-state index in [1.54, 1.807) is 11.8 Å². The number of hydrogen-bond donors (Lipinski definition) is 1. The van der Waals surface area contributed by atoms with Gasteiger partial charge in [-0.15, -0.1) is 11.8 Å². The smallest absolute Gasteiger partial charge is 0.237 e. The van der Waals surface area contributed by atoms with Crippen molar-refractivity contribution in [2.45, 2.75) is 48.7 Å². The van der Waals surface area contributed by atoms with Gasteiger partial charge in [-0.1, -0.05) is 22.0 Å². The number of carbonyl (C=O) groups is 1. The van der Waals surface area contributed by atoms with Crippen LogP contribution in [0.1, 0.15) is 36.8 Å². The Labute approximate surface area is 126 Å². The van der Waals surface area contributed by atoms with Crippen LogP contribution in [0.4, 0.5) is 5.69 Å². The zero-order valence-corrected chi connectivity index (χ0v) is 13.3. The van der Waals surface area contributed by atoms with E-state index in [0.717, 1.165) is 36.7 Å². The van der Waals surface area contributed by atoms with Crippen molar-refractivity contribution >= 4 is 39.3 Å². The topological polar surface area (TPSA) is 29.1 Å². The summed E-state index contributed by atoms with van der Waals surface area (Å²) >= 11 is 5.18. The molecule has 3 rings (SSSR count). The largest absolute Gasteiger partial charge is 0.324 e. The van der Waals surface area contributed by atoms with Crippen molar-refractivity contribution in [3.8, 4) is 0 Å². The molecule has 0 saturated heterocycles. The number of rotatable bonds is 3. The van der Waals surface area contributed by atoms with Crippen molar-refractivity contribution in [3.63, 3.8) is 0 Å². The maximum atomic E-state index is 12.2. The Balaban J connectivity index is 1.88. The van der Waals surface area contributed by atoms with Gasteiger partial charge in [-0.25, -0.2) is 0 Å². The molecule has 1 aromatic carbocycles. The van der Waals surface area contributed by atoms with Gasteiger partial charge in [-0.3, -0.25) is 4.79 Å². The zero-order valence-electron chi connectivity index (χ0n) is 10.9. The van der Waals surface area contributed by atoms with E-state index in [-0.39, 0.29) is 11.2 Å². The van der Waals surface area contributed by atoms with Gasteiger partial charge in [0.05, 0.1) is 10.9 Å². The molecule has 0 fully saturated rings. The van der Waals surface area contributed by atoms with Crippen LogP contribution in [-0.2, 0) is 17.6 Å². The highest BCUT2D eigenvalue weighted by Crippen LogP contribution is 2.42. The van der Waals surface area contributed by atoms with Gasteiger partial charge in [-0.2, -0.15) is 0 Å². The average molecular weight is 340 g/mol. The van der Waals surface area contributed by atoms with E-state index in [1.165, 1.54) is 28.9 Å². The molecular formula is C15H18BrNOS. The Kier molecular flexibility index (Phi) is 4.18. The number of thioether (sulfide) groups is 1. The highest BCUT2D eigenvalue weighted by atomic mass is 79.9. The minimum Gasteiger partial charge on any atom is -0.324 e. The Morgan fingerprint density at radius 1 is 1.32 bits per heavy atom. The highest BCUT2D eigenvalue weighted by molar-refractivity contribution is 9.09. The molecular weight excluding hydrogens is 322 g/mol. The van der Waals surface area contributed by atoms with Crippen LogP contribution in [0.2, 0.25) is 0 Å². The summed E-state index contributed by atoms with van der Waals surface area (Å²) in [4.78, 5) is 13.5. The van der Waals surface area contributed by atoms with E-state index in [4.69, 9.17) is 0 Å². The van der Waals surface area contributed by atoms with Crippen molar-refractivity contribution in [1.29, 1.82) is 0 Å². The van der Waals surface area contributed by atoms with E-state index in [1.807, 2.05) is 0 Å². The molecule has 1 amide bonds. The quantitative estimate of drug-likeness (QED) is 0.838. The third kappa shape index (κ3) is 2.70. The first-order chi connectivity index (χ1) is 9.29. The summed E-state index contributed by atoms with van der Waals surface area (Å²) in [6.07, 6.45) is 6.79. The van der Waals surface area contributed by atoms with E-state index in [2.05, 4.69) is 33.4 Å². The van der Waals surface area contributed by atoms with Crippen molar-refractivity contribution in [3.05, 3.63) is 23.3 Å². The Hall–Kier alpha value is -0.480. The molecule has 19 heavy (non-hydrogen) atoms. The number of carbonyl (C=O) groups excluding carboxylic acids is 1. The number of alkyl halides is 1. The Morgan fingerprint density at radius 3 is 3.00 bits per heavy atom. The summed E-state index contributed by atoms with van der Waals surface area (Å²) in [6.45, 7) is 0. The second-order valence-corrected chi connectivity index (χ2v) is 7.25. The average Bonchev–Trinajstić information content (AvgIpc) is 2.45. The number of hydrogen-bond acceptors (Lipinski definition) is 2. The Bertz CT molecular complexity index is 503. The standard InChI is InChI=1S/C15H18BrNOS/c16-9-3-6-13-15(18)17-14-11-5-2-1-4-10(11)7-8-12(14)19-13/h7-8,13H,1-6,9H2,(H,17,18). The van der Waals surface area contributed by atoms with Crippen molar-refractivity contribution < 1.29 is 4.79 Å². The monoisotopic (exact) mass is 339 g/mol. The molecule has 0 spiro atoms. The van der Waals surface area contributed by atoms with Crippen LogP contribution in [0, 0.1) is 0 Å². The molecule has 4 heteroatoms. The van der Waals surface area contributed by atoms with Crippen LogP contribution in [0.15, 0.2) is 17.0 Å². The number of anilines is 1. The van der Waals surface area contributed by atoms with Crippen LogP contribution in [0.5, 0.6) is 0 Å². The van der Waals surface area contributed by atoms with E-state index in [9.17, 15) is 4.79 Å². The summed E-state index contributed by atoms with van der Waals surface area (Å²) < 4.78 is 0. The molecule has 0 radical (unpaired) electrons. The SMILES string of the molecule is O=C1Nc2c(ccc3c2CCCC3)SC1CCCBr. The minimum atomic E-state index is 0.0756.